The molecule has 408 valence electrons. The highest BCUT2D eigenvalue weighted by Gasteiger charge is 2.16. The predicted octanol–water partition coefficient (Wildman–Crippen LogP) is 20.4. The van der Waals surface area contributed by atoms with Crippen molar-refractivity contribution in [3.63, 3.8) is 0 Å². The number of carbonyl (C=O) groups excluding carboxylic acids is 2. The molecule has 0 rings (SSSR count). The number of esters is 2. The molecule has 0 amide bonds. The maximum Gasteiger partial charge on any atom is 0.306 e. The standard InChI is InChI=1S/C67H110O5/c1-3-5-7-9-11-13-15-17-19-21-22-23-24-25-26-27-28-29-30-31-32-33-34-35-36-37-38-39-40-41-42-43-44-46-48-50-52-54-56-58-60-62-67(70)72-65(63-68)64-71-66(69)61-59-57-55-53-51-49-47-45-20-18-16-14-12-10-8-6-4-2/h5,7,11-14,17-20,22-23,25-26,28-29,31-32,34-35,37-38,65,68H,3-4,6,8-10,15-16,21,24,27,30,33,36,39-64H2,1-2H3/b7-5-,13-11-,14-12-,19-17-,20-18-,23-22-,26-25-,29-28-,32-31-,35-34-,38-37-. The zero-order valence-electron chi connectivity index (χ0n) is 46.6. The van der Waals surface area contributed by atoms with Gasteiger partial charge >= 0.3 is 11.9 Å². The molecule has 0 aromatic rings. The topological polar surface area (TPSA) is 72.8 Å². The normalized spacial score (nSPS) is 13.2. The lowest BCUT2D eigenvalue weighted by Crippen LogP contribution is -2.28. The first-order valence-electron chi connectivity index (χ1n) is 29.7. The summed E-state index contributed by atoms with van der Waals surface area (Å²) >= 11 is 0. The van der Waals surface area contributed by atoms with Crippen molar-refractivity contribution in [2.45, 2.75) is 264 Å². The molecule has 1 atom stereocenters. The van der Waals surface area contributed by atoms with Crippen LogP contribution in [0.1, 0.15) is 258 Å². The molecule has 0 aliphatic heterocycles. The smallest absolute Gasteiger partial charge is 0.306 e. The largest absolute Gasteiger partial charge is 0.462 e. The quantitative estimate of drug-likeness (QED) is 0.0373. The predicted molar refractivity (Wildman–Crippen MR) is 315 cm³/mol. The Labute approximate surface area is 445 Å². The van der Waals surface area contributed by atoms with Gasteiger partial charge in [-0.2, -0.15) is 0 Å². The summed E-state index contributed by atoms with van der Waals surface area (Å²) in [5.41, 5.74) is 0. The summed E-state index contributed by atoms with van der Waals surface area (Å²) in [5.74, 6) is -0.603. The first kappa shape index (κ1) is 68.0. The molecule has 5 nitrogen and oxygen atoms in total. The summed E-state index contributed by atoms with van der Waals surface area (Å²) < 4.78 is 10.7. The van der Waals surface area contributed by atoms with Crippen molar-refractivity contribution in [2.75, 3.05) is 13.2 Å². The highest BCUT2D eigenvalue weighted by atomic mass is 16.6. The molecule has 0 spiro atoms. The van der Waals surface area contributed by atoms with E-state index < -0.39 is 6.10 Å². The van der Waals surface area contributed by atoms with Gasteiger partial charge in [0.15, 0.2) is 6.10 Å². The molecule has 0 aliphatic rings. The first-order valence-corrected chi connectivity index (χ1v) is 29.7. The summed E-state index contributed by atoms with van der Waals surface area (Å²) in [6, 6.07) is 0. The Bertz CT molecular complexity index is 1500. The third-order valence-corrected chi connectivity index (χ3v) is 12.4. The van der Waals surface area contributed by atoms with Crippen LogP contribution < -0.4 is 0 Å². The van der Waals surface area contributed by atoms with Gasteiger partial charge in [0.05, 0.1) is 6.61 Å². The molecular formula is C67H110O5. The summed E-state index contributed by atoms with van der Waals surface area (Å²) in [4.78, 5) is 24.5. The minimum Gasteiger partial charge on any atom is -0.462 e. The van der Waals surface area contributed by atoms with Crippen LogP contribution in [0.4, 0.5) is 0 Å². The zero-order chi connectivity index (χ0) is 52.0. The first-order chi connectivity index (χ1) is 35.6. The van der Waals surface area contributed by atoms with E-state index in [4.69, 9.17) is 9.47 Å². The van der Waals surface area contributed by atoms with Crippen LogP contribution in [0.5, 0.6) is 0 Å². The molecule has 0 heterocycles. The van der Waals surface area contributed by atoms with Crippen LogP contribution in [-0.4, -0.2) is 36.4 Å². The van der Waals surface area contributed by atoms with Crippen molar-refractivity contribution < 1.29 is 24.2 Å². The summed E-state index contributed by atoms with van der Waals surface area (Å²) in [5, 5.41) is 9.65. The van der Waals surface area contributed by atoms with Crippen LogP contribution >= 0.6 is 0 Å². The fraction of sp³-hybridized carbons (Fsp3) is 0.642. The number of unbranched alkanes of at least 4 members (excludes halogenated alkanes) is 23. The molecule has 5 heteroatoms. The molecule has 0 aromatic heterocycles. The maximum atomic E-state index is 12.3. The van der Waals surface area contributed by atoms with Gasteiger partial charge < -0.3 is 14.6 Å². The third kappa shape index (κ3) is 58.6. The van der Waals surface area contributed by atoms with E-state index in [1.807, 2.05) is 0 Å². The second-order valence-electron chi connectivity index (χ2n) is 19.3. The molecule has 0 saturated carbocycles. The number of carbonyl (C=O) groups is 2. The number of hydrogen-bond donors (Lipinski definition) is 1. The monoisotopic (exact) mass is 995 g/mol. The zero-order valence-corrected chi connectivity index (χ0v) is 46.6. The Kier molecular flexibility index (Phi) is 58.0. The van der Waals surface area contributed by atoms with Crippen molar-refractivity contribution in [3.05, 3.63) is 134 Å². The molecule has 72 heavy (non-hydrogen) atoms. The average Bonchev–Trinajstić information content (AvgIpc) is 3.38. The van der Waals surface area contributed by atoms with Crippen LogP contribution in [0, 0.1) is 0 Å². The van der Waals surface area contributed by atoms with Crippen molar-refractivity contribution in [1.82, 2.24) is 0 Å². The van der Waals surface area contributed by atoms with Gasteiger partial charge in [0.25, 0.3) is 0 Å². The number of rotatable bonds is 53. The second-order valence-corrected chi connectivity index (χ2v) is 19.3. The van der Waals surface area contributed by atoms with Gasteiger partial charge in [-0.15, -0.1) is 0 Å². The minimum atomic E-state index is -0.783. The van der Waals surface area contributed by atoms with E-state index in [9.17, 15) is 14.7 Å². The Morgan fingerprint density at radius 1 is 0.333 bits per heavy atom. The van der Waals surface area contributed by atoms with Gasteiger partial charge in [-0.05, 0) is 116 Å². The lowest BCUT2D eigenvalue weighted by Gasteiger charge is -2.15. The van der Waals surface area contributed by atoms with E-state index in [-0.39, 0.29) is 25.2 Å². The van der Waals surface area contributed by atoms with E-state index in [0.717, 1.165) is 109 Å². The SMILES string of the molecule is CC/C=C\C/C=C\C/C=C\C/C=C\C/C=C\C/C=C\C/C=C\C/C=C\C/C=C\CCCCCCCCCCCCCCCC(=O)OC(CO)COC(=O)CCCCCCCCC/C=C\C/C=C\CCCCC. The van der Waals surface area contributed by atoms with E-state index in [1.54, 1.807) is 0 Å². The van der Waals surface area contributed by atoms with Crippen LogP contribution in [0.3, 0.4) is 0 Å². The fourth-order valence-corrected chi connectivity index (χ4v) is 7.99. The lowest BCUT2D eigenvalue weighted by atomic mass is 10.0. The maximum absolute atomic E-state index is 12.3. The summed E-state index contributed by atoms with van der Waals surface area (Å²) in [7, 11) is 0. The Hall–Kier alpha value is -3.96. The highest BCUT2D eigenvalue weighted by Crippen LogP contribution is 2.15. The molecule has 0 saturated heterocycles. The number of ether oxygens (including phenoxy) is 2. The van der Waals surface area contributed by atoms with Crippen molar-refractivity contribution in [2.24, 2.45) is 0 Å². The van der Waals surface area contributed by atoms with Gasteiger partial charge in [-0.3, -0.25) is 9.59 Å². The molecule has 0 radical (unpaired) electrons. The Morgan fingerprint density at radius 2 is 0.597 bits per heavy atom. The molecule has 0 aromatic carbocycles. The average molecular weight is 996 g/mol. The molecular weight excluding hydrogens is 885 g/mol. The molecule has 0 fully saturated rings. The molecule has 0 bridgehead atoms. The van der Waals surface area contributed by atoms with Crippen LogP contribution in [0.2, 0.25) is 0 Å². The number of aliphatic hydroxyl groups excluding tert-OH is 1. The van der Waals surface area contributed by atoms with Crippen molar-refractivity contribution >= 4 is 11.9 Å². The number of hydrogen-bond acceptors (Lipinski definition) is 5. The summed E-state index contributed by atoms with van der Waals surface area (Å²) in [6.45, 7) is 4.00. The molecule has 0 aliphatic carbocycles. The second kappa shape index (κ2) is 61.3. The van der Waals surface area contributed by atoms with Crippen LogP contribution in [0.15, 0.2) is 134 Å². The van der Waals surface area contributed by atoms with E-state index >= 15 is 0 Å². The van der Waals surface area contributed by atoms with Crippen LogP contribution in [0.25, 0.3) is 0 Å². The van der Waals surface area contributed by atoms with Crippen molar-refractivity contribution in [1.29, 1.82) is 0 Å². The minimum absolute atomic E-state index is 0.0752. The fourth-order valence-electron chi connectivity index (χ4n) is 7.99. The lowest BCUT2D eigenvalue weighted by molar-refractivity contribution is -0.161. The van der Waals surface area contributed by atoms with E-state index in [2.05, 4.69) is 148 Å². The van der Waals surface area contributed by atoms with E-state index in [0.29, 0.717) is 12.8 Å². The van der Waals surface area contributed by atoms with Crippen molar-refractivity contribution in [3.8, 4) is 0 Å². The Morgan fingerprint density at radius 3 is 0.903 bits per heavy atom. The van der Waals surface area contributed by atoms with Gasteiger partial charge in [0.2, 0.25) is 0 Å². The summed E-state index contributed by atoms with van der Waals surface area (Å²) in [6.07, 6.45) is 91.4. The number of allylic oxidation sites excluding steroid dienone is 22. The van der Waals surface area contributed by atoms with Gasteiger partial charge in [-0.25, -0.2) is 0 Å². The highest BCUT2D eigenvalue weighted by molar-refractivity contribution is 5.70. The van der Waals surface area contributed by atoms with Gasteiger partial charge in [0.1, 0.15) is 6.61 Å². The van der Waals surface area contributed by atoms with Gasteiger partial charge in [-0.1, -0.05) is 263 Å². The molecule has 1 N–H and O–H groups in total. The van der Waals surface area contributed by atoms with Gasteiger partial charge in [0, 0.05) is 12.8 Å². The number of aliphatic hydroxyl groups is 1. The molecule has 1 unspecified atom stereocenters. The third-order valence-electron chi connectivity index (χ3n) is 12.4. The van der Waals surface area contributed by atoms with Crippen LogP contribution in [-0.2, 0) is 19.1 Å². The van der Waals surface area contributed by atoms with E-state index in [1.165, 1.54) is 122 Å². The Balaban J connectivity index is 3.55.